The van der Waals surface area contributed by atoms with E-state index in [-0.39, 0.29) is 11.0 Å². The van der Waals surface area contributed by atoms with Gasteiger partial charge in [0.15, 0.2) is 5.11 Å². The quantitative estimate of drug-likeness (QED) is 0.217. The van der Waals surface area contributed by atoms with Gasteiger partial charge in [-0.3, -0.25) is 4.79 Å². The molecule has 4 rings (SSSR count). The first-order valence-corrected chi connectivity index (χ1v) is 12.1. The molecule has 4 nitrogen and oxygen atoms in total. The van der Waals surface area contributed by atoms with Gasteiger partial charge in [0.05, 0.1) is 12.5 Å². The molecule has 0 heterocycles. The third kappa shape index (κ3) is 7.26. The molecule has 5 heteroatoms. The fourth-order valence-corrected chi connectivity index (χ4v) is 4.10. The Hall–Kier alpha value is -3.96. The molecule has 0 aliphatic rings. The zero-order valence-corrected chi connectivity index (χ0v) is 20.2. The number of aryl methyl sites for hydroxylation is 1. The van der Waals surface area contributed by atoms with Gasteiger partial charge in [0.25, 0.3) is 0 Å². The highest BCUT2D eigenvalue weighted by Crippen LogP contribution is 2.25. The largest absolute Gasteiger partial charge is 0.494 e. The summed E-state index contributed by atoms with van der Waals surface area (Å²) in [5.41, 5.74) is 3.91. The molecule has 35 heavy (non-hydrogen) atoms. The lowest BCUT2D eigenvalue weighted by Gasteiger charge is -2.18. The Morgan fingerprint density at radius 1 is 0.743 bits per heavy atom. The normalized spacial score (nSPS) is 10.5. The number of benzene rings is 4. The predicted molar refractivity (Wildman–Crippen MR) is 146 cm³/mol. The van der Waals surface area contributed by atoms with E-state index in [0.717, 1.165) is 35.4 Å². The molecule has 1 amide bonds. The third-order valence-electron chi connectivity index (χ3n) is 5.60. The lowest BCUT2D eigenvalue weighted by molar-refractivity contribution is -0.120. The minimum atomic E-state index is -0.455. The van der Waals surface area contributed by atoms with Crippen LogP contribution in [0.4, 0.5) is 5.69 Å². The van der Waals surface area contributed by atoms with Crippen LogP contribution >= 0.6 is 12.2 Å². The molecular formula is C30H28N2O2S. The van der Waals surface area contributed by atoms with Crippen LogP contribution in [0.5, 0.6) is 5.75 Å². The summed E-state index contributed by atoms with van der Waals surface area (Å²) in [4.78, 5) is 13.2. The second-order valence-corrected chi connectivity index (χ2v) is 8.57. The van der Waals surface area contributed by atoms with E-state index in [0.29, 0.717) is 6.61 Å². The van der Waals surface area contributed by atoms with Gasteiger partial charge in [0.2, 0.25) is 5.91 Å². The van der Waals surface area contributed by atoms with Crippen LogP contribution in [0.15, 0.2) is 115 Å². The number of nitrogens with one attached hydrogen (secondary N) is 2. The van der Waals surface area contributed by atoms with E-state index in [9.17, 15) is 4.79 Å². The molecule has 4 aromatic rings. The molecule has 0 aromatic heterocycles. The van der Waals surface area contributed by atoms with Gasteiger partial charge < -0.3 is 15.4 Å². The highest BCUT2D eigenvalue weighted by atomic mass is 32.1. The molecule has 0 saturated carbocycles. The van der Waals surface area contributed by atoms with E-state index in [2.05, 4.69) is 34.9 Å². The molecular weight excluding hydrogens is 452 g/mol. The molecule has 0 fully saturated rings. The zero-order valence-electron chi connectivity index (χ0n) is 19.4. The smallest absolute Gasteiger partial charge is 0.238 e. The Morgan fingerprint density at radius 3 is 1.86 bits per heavy atom. The molecule has 0 saturated heterocycles. The Kier molecular flexibility index (Phi) is 8.63. The number of rotatable bonds is 9. The van der Waals surface area contributed by atoms with E-state index in [1.54, 1.807) is 0 Å². The maximum Gasteiger partial charge on any atom is 0.238 e. The second-order valence-electron chi connectivity index (χ2n) is 8.16. The van der Waals surface area contributed by atoms with E-state index < -0.39 is 5.92 Å². The minimum Gasteiger partial charge on any atom is -0.494 e. The number of hydrogen-bond acceptors (Lipinski definition) is 3. The Morgan fingerprint density at radius 2 is 1.29 bits per heavy atom. The van der Waals surface area contributed by atoms with Crippen molar-refractivity contribution in [2.75, 3.05) is 11.9 Å². The predicted octanol–water partition coefficient (Wildman–Crippen LogP) is 6.34. The van der Waals surface area contributed by atoms with Gasteiger partial charge in [0, 0.05) is 5.69 Å². The highest BCUT2D eigenvalue weighted by Gasteiger charge is 2.23. The van der Waals surface area contributed by atoms with E-state index >= 15 is 0 Å². The highest BCUT2D eigenvalue weighted by molar-refractivity contribution is 7.80. The molecule has 0 radical (unpaired) electrons. The fourth-order valence-electron chi connectivity index (χ4n) is 3.88. The van der Waals surface area contributed by atoms with E-state index in [1.807, 2.05) is 91.0 Å². The molecule has 0 bridgehead atoms. The molecule has 0 unspecified atom stereocenters. The van der Waals surface area contributed by atoms with Crippen molar-refractivity contribution >= 4 is 28.9 Å². The van der Waals surface area contributed by atoms with Gasteiger partial charge in [-0.1, -0.05) is 91.0 Å². The van der Waals surface area contributed by atoms with Crippen molar-refractivity contribution < 1.29 is 9.53 Å². The summed E-state index contributed by atoms with van der Waals surface area (Å²) in [6.45, 7) is 0.649. The summed E-state index contributed by atoms with van der Waals surface area (Å²) >= 11 is 5.42. The summed E-state index contributed by atoms with van der Waals surface area (Å²) in [5, 5.41) is 6.19. The van der Waals surface area contributed by atoms with Crippen LogP contribution in [0.25, 0.3) is 0 Å². The van der Waals surface area contributed by atoms with Gasteiger partial charge >= 0.3 is 0 Å². The fraction of sp³-hybridized carbons (Fsp3) is 0.133. The van der Waals surface area contributed by atoms with Gasteiger partial charge in [-0.2, -0.15) is 0 Å². The number of ether oxygens (including phenoxy) is 1. The van der Waals surface area contributed by atoms with E-state index in [4.69, 9.17) is 17.0 Å². The first-order valence-electron chi connectivity index (χ1n) is 11.7. The molecule has 0 spiro atoms. The van der Waals surface area contributed by atoms with Crippen molar-refractivity contribution in [1.29, 1.82) is 0 Å². The van der Waals surface area contributed by atoms with Gasteiger partial charge in [-0.25, -0.2) is 0 Å². The van der Waals surface area contributed by atoms with Crippen LogP contribution in [0.2, 0.25) is 0 Å². The monoisotopic (exact) mass is 480 g/mol. The van der Waals surface area contributed by atoms with Crippen molar-refractivity contribution in [2.45, 2.75) is 18.8 Å². The van der Waals surface area contributed by atoms with Crippen LogP contribution in [-0.2, 0) is 11.2 Å². The van der Waals surface area contributed by atoms with Crippen molar-refractivity contribution in [3.8, 4) is 5.75 Å². The summed E-state index contributed by atoms with van der Waals surface area (Å²) < 4.78 is 5.85. The van der Waals surface area contributed by atoms with Crippen molar-refractivity contribution in [2.24, 2.45) is 0 Å². The first-order chi connectivity index (χ1) is 17.2. The average molecular weight is 481 g/mol. The lowest BCUT2D eigenvalue weighted by atomic mass is 9.90. The summed E-state index contributed by atoms with van der Waals surface area (Å²) in [5.74, 6) is 0.161. The molecule has 0 atom stereocenters. The average Bonchev–Trinajstić information content (AvgIpc) is 2.89. The zero-order chi connectivity index (χ0) is 24.3. The number of carbonyl (C=O) groups is 1. The maximum absolute atomic E-state index is 13.2. The van der Waals surface area contributed by atoms with Crippen LogP contribution in [0.3, 0.4) is 0 Å². The minimum absolute atomic E-state index is 0.182. The van der Waals surface area contributed by atoms with Crippen molar-refractivity contribution in [1.82, 2.24) is 5.32 Å². The number of thiocarbonyl (C=S) groups is 1. The van der Waals surface area contributed by atoms with Gasteiger partial charge in [0.1, 0.15) is 5.75 Å². The molecule has 0 aliphatic carbocycles. The lowest BCUT2D eigenvalue weighted by Crippen LogP contribution is -2.37. The summed E-state index contributed by atoms with van der Waals surface area (Å²) in [7, 11) is 0. The number of hydrogen-bond donors (Lipinski definition) is 2. The van der Waals surface area contributed by atoms with Crippen molar-refractivity contribution in [3.63, 3.8) is 0 Å². The number of carbonyl (C=O) groups excluding carboxylic acids is 1. The molecule has 4 aromatic carbocycles. The number of anilines is 1. The van der Waals surface area contributed by atoms with Crippen LogP contribution < -0.4 is 15.4 Å². The topological polar surface area (TPSA) is 50.4 Å². The second kappa shape index (κ2) is 12.5. The Balaban J connectivity index is 1.29. The van der Waals surface area contributed by atoms with Gasteiger partial charge in [-0.15, -0.1) is 0 Å². The maximum atomic E-state index is 13.2. The summed E-state index contributed by atoms with van der Waals surface area (Å²) in [6.07, 6.45) is 1.94. The van der Waals surface area contributed by atoms with Crippen LogP contribution in [0.1, 0.15) is 29.0 Å². The summed E-state index contributed by atoms with van der Waals surface area (Å²) in [6, 6.07) is 37.4. The van der Waals surface area contributed by atoms with E-state index in [1.165, 1.54) is 5.56 Å². The Labute approximate surface area is 212 Å². The SMILES string of the molecule is O=C(NC(=S)Nc1ccc(OCCCc2ccccc2)cc1)C(c1ccccc1)c1ccccc1. The molecule has 176 valence electrons. The van der Waals surface area contributed by atoms with Crippen LogP contribution in [-0.4, -0.2) is 17.6 Å². The van der Waals surface area contributed by atoms with Crippen LogP contribution in [0, 0.1) is 0 Å². The Bertz CT molecular complexity index is 1170. The third-order valence-corrected chi connectivity index (χ3v) is 5.80. The molecule has 0 aliphatic heterocycles. The molecule has 2 N–H and O–H groups in total. The van der Waals surface area contributed by atoms with Gasteiger partial charge in [-0.05, 0) is 66.0 Å². The first kappa shape index (κ1) is 24.2. The van der Waals surface area contributed by atoms with Crippen molar-refractivity contribution in [3.05, 3.63) is 132 Å². The number of amides is 1. The standard InChI is InChI=1S/C30H28N2O2S/c33-29(28(24-14-6-2-7-15-24)25-16-8-3-9-17-25)32-30(35)31-26-18-20-27(21-19-26)34-22-10-13-23-11-4-1-5-12-23/h1-9,11-12,14-21,28H,10,13,22H2,(H2,31,32,33,35).